The average molecular weight is 327 g/mol. The fraction of sp³-hybridized carbons (Fsp3) is 0.250. The van der Waals surface area contributed by atoms with Gasteiger partial charge in [-0.15, -0.1) is 0 Å². The highest BCUT2D eigenvalue weighted by molar-refractivity contribution is 9.10. The van der Waals surface area contributed by atoms with Crippen LogP contribution in [0.1, 0.15) is 12.5 Å². The smallest absolute Gasteiger partial charge is 0.229 e. The van der Waals surface area contributed by atoms with Crippen molar-refractivity contribution >= 4 is 27.8 Å². The third-order valence-corrected chi connectivity index (χ3v) is 3.24. The summed E-state index contributed by atoms with van der Waals surface area (Å²) in [7, 11) is 0. The molecule has 5 nitrogen and oxygen atoms in total. The number of hydrogen-bond acceptors (Lipinski definition) is 3. The van der Waals surface area contributed by atoms with Gasteiger partial charge in [0.2, 0.25) is 11.9 Å². The monoisotopic (exact) mass is 326 g/mol. The number of aromatic amines is 1. The highest BCUT2D eigenvalue weighted by Crippen LogP contribution is 2.19. The summed E-state index contributed by atoms with van der Waals surface area (Å²) in [5.74, 6) is -0.431. The predicted octanol–water partition coefficient (Wildman–Crippen LogP) is 2.52. The van der Waals surface area contributed by atoms with Gasteiger partial charge in [-0.05, 0) is 40.0 Å². The standard InChI is InChI=1S/C12H12BrFN4O/c1-7(11(19)17-12-15-6-16-18-12)4-8-2-3-10(14)9(13)5-8/h2-3,5-7H,4H2,1H3,(H2,15,16,17,18,19). The van der Waals surface area contributed by atoms with E-state index in [1.165, 1.54) is 12.4 Å². The van der Waals surface area contributed by atoms with Crippen molar-refractivity contribution in [1.29, 1.82) is 0 Å². The molecule has 0 spiro atoms. The lowest BCUT2D eigenvalue weighted by Crippen LogP contribution is -2.22. The fourth-order valence-electron chi connectivity index (χ4n) is 1.62. The molecule has 1 aromatic carbocycles. The Morgan fingerprint density at radius 1 is 1.58 bits per heavy atom. The molecule has 2 N–H and O–H groups in total. The minimum atomic E-state index is -0.317. The zero-order valence-electron chi connectivity index (χ0n) is 10.2. The zero-order chi connectivity index (χ0) is 13.8. The maximum atomic E-state index is 13.1. The van der Waals surface area contributed by atoms with Crippen LogP contribution in [0.4, 0.5) is 10.3 Å². The lowest BCUT2D eigenvalue weighted by Gasteiger charge is -2.11. The van der Waals surface area contributed by atoms with E-state index in [2.05, 4.69) is 36.4 Å². The first-order valence-electron chi connectivity index (χ1n) is 5.66. The number of aromatic nitrogens is 3. The molecule has 100 valence electrons. The molecule has 1 heterocycles. The number of halogens is 2. The van der Waals surface area contributed by atoms with Crippen molar-refractivity contribution in [3.63, 3.8) is 0 Å². The van der Waals surface area contributed by atoms with Crippen LogP contribution >= 0.6 is 15.9 Å². The van der Waals surface area contributed by atoms with Gasteiger partial charge in [0.15, 0.2) is 0 Å². The second-order valence-corrected chi connectivity index (χ2v) is 5.03. The Balaban J connectivity index is 1.98. The summed E-state index contributed by atoms with van der Waals surface area (Å²) in [6.45, 7) is 1.79. The number of rotatable bonds is 4. The third kappa shape index (κ3) is 3.60. The van der Waals surface area contributed by atoms with Crippen LogP contribution in [0.3, 0.4) is 0 Å². The molecule has 0 aliphatic rings. The molecule has 0 aliphatic carbocycles. The van der Waals surface area contributed by atoms with Crippen LogP contribution in [0.2, 0.25) is 0 Å². The van der Waals surface area contributed by atoms with Crippen molar-refractivity contribution < 1.29 is 9.18 Å². The van der Waals surface area contributed by atoms with Gasteiger partial charge in [-0.3, -0.25) is 10.1 Å². The van der Waals surface area contributed by atoms with Gasteiger partial charge in [0.25, 0.3) is 0 Å². The maximum absolute atomic E-state index is 13.1. The van der Waals surface area contributed by atoms with Gasteiger partial charge in [0.05, 0.1) is 4.47 Å². The van der Waals surface area contributed by atoms with Crippen LogP contribution in [-0.4, -0.2) is 21.1 Å². The summed E-state index contributed by atoms with van der Waals surface area (Å²) in [6.07, 6.45) is 1.83. The van der Waals surface area contributed by atoms with Crippen molar-refractivity contribution in [1.82, 2.24) is 15.2 Å². The molecule has 0 saturated heterocycles. The molecule has 0 aliphatic heterocycles. The van der Waals surface area contributed by atoms with Crippen LogP contribution in [0.5, 0.6) is 0 Å². The molecule has 19 heavy (non-hydrogen) atoms. The first-order chi connectivity index (χ1) is 9.06. The number of hydrogen-bond donors (Lipinski definition) is 2. The highest BCUT2D eigenvalue weighted by Gasteiger charge is 2.15. The van der Waals surface area contributed by atoms with Crippen molar-refractivity contribution in [2.45, 2.75) is 13.3 Å². The van der Waals surface area contributed by atoms with Gasteiger partial charge in [-0.25, -0.2) is 9.49 Å². The molecule has 0 fully saturated rings. The van der Waals surface area contributed by atoms with Crippen LogP contribution in [0.25, 0.3) is 0 Å². The Hall–Kier alpha value is -1.76. The maximum Gasteiger partial charge on any atom is 0.229 e. The lowest BCUT2D eigenvalue weighted by atomic mass is 10.0. The van der Waals surface area contributed by atoms with Gasteiger partial charge in [-0.1, -0.05) is 13.0 Å². The van der Waals surface area contributed by atoms with E-state index in [0.717, 1.165) is 5.56 Å². The van der Waals surface area contributed by atoms with Gasteiger partial charge < -0.3 is 0 Å². The molecule has 1 unspecified atom stereocenters. The summed E-state index contributed by atoms with van der Waals surface area (Å²) in [5, 5.41) is 8.81. The molecule has 0 radical (unpaired) electrons. The number of nitrogens with one attached hydrogen (secondary N) is 2. The Kier molecular flexibility index (Phi) is 4.26. The first-order valence-corrected chi connectivity index (χ1v) is 6.45. The molecule has 0 bridgehead atoms. The molecule has 1 aromatic heterocycles. The van der Waals surface area contributed by atoms with Gasteiger partial charge >= 0.3 is 0 Å². The molecule has 2 aromatic rings. The number of anilines is 1. The quantitative estimate of drug-likeness (QED) is 0.906. The van der Waals surface area contributed by atoms with E-state index in [1.807, 2.05) is 0 Å². The van der Waals surface area contributed by atoms with Gasteiger partial charge in [0.1, 0.15) is 12.1 Å². The van der Waals surface area contributed by atoms with E-state index in [4.69, 9.17) is 0 Å². The number of benzene rings is 1. The highest BCUT2D eigenvalue weighted by atomic mass is 79.9. The molecule has 0 saturated carbocycles. The van der Waals surface area contributed by atoms with E-state index in [-0.39, 0.29) is 17.6 Å². The van der Waals surface area contributed by atoms with E-state index in [0.29, 0.717) is 16.8 Å². The van der Waals surface area contributed by atoms with Crippen LogP contribution in [0.15, 0.2) is 29.0 Å². The molecule has 1 atom stereocenters. The Labute approximate surface area is 117 Å². The Morgan fingerprint density at radius 2 is 2.37 bits per heavy atom. The molecule has 7 heteroatoms. The van der Waals surface area contributed by atoms with E-state index in [1.54, 1.807) is 19.1 Å². The van der Waals surface area contributed by atoms with Crippen LogP contribution in [0, 0.1) is 11.7 Å². The summed E-state index contributed by atoms with van der Waals surface area (Å²) in [4.78, 5) is 15.7. The number of carbonyl (C=O) groups is 1. The summed E-state index contributed by atoms with van der Waals surface area (Å²) in [6, 6.07) is 4.71. The SMILES string of the molecule is CC(Cc1ccc(F)c(Br)c1)C(=O)Nc1ncn[nH]1. The van der Waals surface area contributed by atoms with E-state index < -0.39 is 0 Å². The fourth-order valence-corrected chi connectivity index (χ4v) is 2.04. The van der Waals surface area contributed by atoms with Gasteiger partial charge in [0, 0.05) is 5.92 Å². The Bertz CT molecular complexity index is 573. The van der Waals surface area contributed by atoms with Crippen molar-refractivity contribution in [3.8, 4) is 0 Å². The van der Waals surface area contributed by atoms with Crippen LogP contribution in [-0.2, 0) is 11.2 Å². The summed E-state index contributed by atoms with van der Waals surface area (Å²) >= 11 is 3.12. The minimum Gasteiger partial charge on any atom is -0.295 e. The summed E-state index contributed by atoms with van der Waals surface area (Å²) in [5.41, 5.74) is 0.883. The first kappa shape index (κ1) is 13.7. The van der Waals surface area contributed by atoms with Gasteiger partial charge in [-0.2, -0.15) is 10.1 Å². The summed E-state index contributed by atoms with van der Waals surface area (Å²) < 4.78 is 13.5. The second-order valence-electron chi connectivity index (χ2n) is 4.18. The zero-order valence-corrected chi connectivity index (χ0v) is 11.7. The van der Waals surface area contributed by atoms with E-state index in [9.17, 15) is 9.18 Å². The number of nitrogens with zero attached hydrogens (tertiary/aromatic N) is 2. The van der Waals surface area contributed by atoms with E-state index >= 15 is 0 Å². The second kappa shape index (κ2) is 5.92. The topological polar surface area (TPSA) is 70.7 Å². The number of carbonyl (C=O) groups excluding carboxylic acids is 1. The van der Waals surface area contributed by atoms with Crippen molar-refractivity contribution in [2.75, 3.05) is 5.32 Å². The average Bonchev–Trinajstić information content (AvgIpc) is 2.86. The largest absolute Gasteiger partial charge is 0.295 e. The minimum absolute atomic E-state index is 0.169. The molecular formula is C12H12BrFN4O. The Morgan fingerprint density at radius 3 is 3.00 bits per heavy atom. The molecular weight excluding hydrogens is 315 g/mol. The number of amides is 1. The predicted molar refractivity (Wildman–Crippen MR) is 72.0 cm³/mol. The molecule has 1 amide bonds. The lowest BCUT2D eigenvalue weighted by molar-refractivity contribution is -0.119. The normalized spacial score (nSPS) is 12.2. The number of H-pyrrole nitrogens is 1. The molecule has 2 rings (SSSR count). The van der Waals surface area contributed by atoms with Crippen LogP contribution < -0.4 is 5.32 Å². The van der Waals surface area contributed by atoms with Crippen molar-refractivity contribution in [3.05, 3.63) is 40.4 Å². The third-order valence-electron chi connectivity index (χ3n) is 2.63. The van der Waals surface area contributed by atoms with Crippen molar-refractivity contribution in [2.24, 2.45) is 5.92 Å².